The van der Waals surface area contributed by atoms with Gasteiger partial charge in [-0.2, -0.15) is 0 Å². The number of furan rings is 1. The Kier molecular flexibility index (Phi) is 1.63. The van der Waals surface area contributed by atoms with Crippen molar-refractivity contribution < 1.29 is 8.83 Å². The third-order valence-corrected chi connectivity index (χ3v) is 2.65. The summed E-state index contributed by atoms with van der Waals surface area (Å²) >= 11 is 0. The van der Waals surface area contributed by atoms with Gasteiger partial charge in [-0.25, -0.2) is 4.79 Å². The first-order valence-corrected chi connectivity index (χ1v) is 4.86. The lowest BCUT2D eigenvalue weighted by Crippen LogP contribution is -2.05. The van der Waals surface area contributed by atoms with Crippen molar-refractivity contribution in [1.29, 1.82) is 0 Å². The normalized spacial score (nSPS) is 11.3. The van der Waals surface area contributed by atoms with Gasteiger partial charge >= 0.3 is 5.63 Å². The van der Waals surface area contributed by atoms with Crippen LogP contribution >= 0.6 is 0 Å². The maximum atomic E-state index is 11.3. The minimum atomic E-state index is -0.518. The zero-order valence-electron chi connectivity index (χ0n) is 8.61. The molecular formula is C12H9NO3. The molecule has 3 rings (SSSR count). The van der Waals surface area contributed by atoms with Gasteiger partial charge in [0, 0.05) is 16.8 Å². The number of hydrogen-bond acceptors (Lipinski definition) is 4. The van der Waals surface area contributed by atoms with Crippen LogP contribution in [0, 0.1) is 6.92 Å². The van der Waals surface area contributed by atoms with Crippen LogP contribution in [0.25, 0.3) is 21.9 Å². The van der Waals surface area contributed by atoms with Crippen LogP contribution < -0.4 is 11.4 Å². The second-order valence-electron chi connectivity index (χ2n) is 3.79. The number of aryl methyl sites for hydroxylation is 1. The second kappa shape index (κ2) is 2.88. The van der Waals surface area contributed by atoms with Crippen LogP contribution in [0.2, 0.25) is 0 Å². The van der Waals surface area contributed by atoms with Crippen LogP contribution in [0.15, 0.2) is 38.1 Å². The number of benzene rings is 1. The molecule has 0 unspecified atom stereocenters. The van der Waals surface area contributed by atoms with Crippen molar-refractivity contribution >= 4 is 27.6 Å². The highest BCUT2D eigenvalue weighted by atomic mass is 16.4. The Morgan fingerprint density at radius 3 is 2.81 bits per heavy atom. The van der Waals surface area contributed by atoms with E-state index in [4.69, 9.17) is 14.6 Å². The highest BCUT2D eigenvalue weighted by Crippen LogP contribution is 2.26. The van der Waals surface area contributed by atoms with Gasteiger partial charge in [-0.05, 0) is 24.6 Å². The molecule has 1 aromatic carbocycles. The molecule has 4 nitrogen and oxygen atoms in total. The van der Waals surface area contributed by atoms with Gasteiger partial charge in [-0.15, -0.1) is 0 Å². The Hall–Kier alpha value is -2.23. The van der Waals surface area contributed by atoms with Gasteiger partial charge in [0.25, 0.3) is 0 Å². The molecule has 0 radical (unpaired) electrons. The zero-order chi connectivity index (χ0) is 11.3. The average molecular weight is 215 g/mol. The molecule has 0 aliphatic carbocycles. The molecule has 2 N–H and O–H groups in total. The summed E-state index contributed by atoms with van der Waals surface area (Å²) in [5, 5.41) is 1.80. The van der Waals surface area contributed by atoms with Crippen molar-refractivity contribution in [3.05, 3.63) is 40.4 Å². The van der Waals surface area contributed by atoms with Crippen LogP contribution in [0.4, 0.5) is 5.69 Å². The van der Waals surface area contributed by atoms with E-state index >= 15 is 0 Å². The monoisotopic (exact) mass is 215 g/mol. The van der Waals surface area contributed by atoms with Crippen LogP contribution in [0.5, 0.6) is 0 Å². The summed E-state index contributed by atoms with van der Waals surface area (Å²) in [5.74, 6) is 0. The maximum absolute atomic E-state index is 11.3. The summed E-state index contributed by atoms with van der Waals surface area (Å²) in [5.41, 5.74) is 7.35. The van der Waals surface area contributed by atoms with E-state index in [1.54, 1.807) is 18.4 Å². The molecule has 0 atom stereocenters. The lowest BCUT2D eigenvalue weighted by Gasteiger charge is -1.98. The van der Waals surface area contributed by atoms with E-state index in [0.29, 0.717) is 11.2 Å². The van der Waals surface area contributed by atoms with Gasteiger partial charge in [-0.3, -0.25) is 0 Å². The number of anilines is 1. The molecule has 4 heteroatoms. The summed E-state index contributed by atoms with van der Waals surface area (Å²) in [6, 6.07) is 5.23. The fourth-order valence-corrected chi connectivity index (χ4v) is 1.79. The van der Waals surface area contributed by atoms with Gasteiger partial charge < -0.3 is 14.6 Å². The van der Waals surface area contributed by atoms with Crippen molar-refractivity contribution in [3.8, 4) is 0 Å². The number of nitrogen functional groups attached to an aromatic ring is 1. The summed E-state index contributed by atoms with van der Waals surface area (Å²) in [4.78, 5) is 11.3. The number of rotatable bonds is 0. The van der Waals surface area contributed by atoms with Crippen LogP contribution in [0.1, 0.15) is 5.56 Å². The van der Waals surface area contributed by atoms with Crippen molar-refractivity contribution in [2.24, 2.45) is 0 Å². The third kappa shape index (κ3) is 1.13. The summed E-state index contributed by atoms with van der Waals surface area (Å²) in [6.07, 6.45) is 1.67. The Labute approximate surface area is 90.3 Å². The quantitative estimate of drug-likeness (QED) is 0.584. The minimum absolute atomic E-state index is 0.119. The highest BCUT2D eigenvalue weighted by Gasteiger charge is 2.07. The first kappa shape index (κ1) is 9.03. The lowest BCUT2D eigenvalue weighted by molar-refractivity contribution is 0.562. The fraction of sp³-hybridized carbons (Fsp3) is 0.0833. The number of fused-ring (bicyclic) bond motifs is 2. The molecule has 2 aromatic heterocycles. The molecule has 2 heterocycles. The van der Waals surface area contributed by atoms with Gasteiger partial charge in [0.2, 0.25) is 0 Å². The van der Waals surface area contributed by atoms with Gasteiger partial charge in [-0.1, -0.05) is 0 Å². The molecular weight excluding hydrogens is 206 g/mol. The summed E-state index contributed by atoms with van der Waals surface area (Å²) in [6.45, 7) is 1.96. The largest absolute Gasteiger partial charge is 0.464 e. The first-order chi connectivity index (χ1) is 7.65. The number of nitrogens with two attached hydrogens (primary N) is 1. The van der Waals surface area contributed by atoms with E-state index in [-0.39, 0.29) is 5.69 Å². The SMILES string of the molecule is Cc1coc2cc3oc(=O)c(N)cc3cc12. The van der Waals surface area contributed by atoms with Gasteiger partial charge in [0.1, 0.15) is 16.9 Å². The van der Waals surface area contributed by atoms with Crippen LogP contribution in [0.3, 0.4) is 0 Å². The topological polar surface area (TPSA) is 69.4 Å². The van der Waals surface area contributed by atoms with Crippen LogP contribution in [-0.4, -0.2) is 0 Å². The second-order valence-corrected chi connectivity index (χ2v) is 3.79. The average Bonchev–Trinajstić information content (AvgIpc) is 2.59. The van der Waals surface area contributed by atoms with E-state index in [9.17, 15) is 4.79 Å². The minimum Gasteiger partial charge on any atom is -0.464 e. The van der Waals surface area contributed by atoms with E-state index in [0.717, 1.165) is 16.3 Å². The summed E-state index contributed by atoms with van der Waals surface area (Å²) < 4.78 is 10.4. The van der Waals surface area contributed by atoms with Gasteiger partial charge in [0.15, 0.2) is 0 Å². The molecule has 0 spiro atoms. The van der Waals surface area contributed by atoms with Crippen molar-refractivity contribution in [1.82, 2.24) is 0 Å². The van der Waals surface area contributed by atoms with Crippen LogP contribution in [-0.2, 0) is 0 Å². The molecule has 0 aliphatic rings. The first-order valence-electron chi connectivity index (χ1n) is 4.86. The third-order valence-electron chi connectivity index (χ3n) is 2.65. The maximum Gasteiger partial charge on any atom is 0.359 e. The molecule has 0 saturated heterocycles. The number of hydrogen-bond donors (Lipinski definition) is 1. The van der Waals surface area contributed by atoms with E-state index in [2.05, 4.69) is 0 Å². The molecule has 3 aromatic rings. The van der Waals surface area contributed by atoms with Gasteiger partial charge in [0.05, 0.1) is 6.26 Å². The predicted molar refractivity (Wildman–Crippen MR) is 61.4 cm³/mol. The standard InChI is InChI=1S/C12H9NO3/c1-6-5-15-11-4-10-7(2-8(6)11)3-9(13)12(14)16-10/h2-5H,13H2,1H3. The van der Waals surface area contributed by atoms with E-state index in [1.807, 2.05) is 13.0 Å². The highest BCUT2D eigenvalue weighted by molar-refractivity contribution is 5.95. The fourth-order valence-electron chi connectivity index (χ4n) is 1.79. The molecule has 0 saturated carbocycles. The molecule has 16 heavy (non-hydrogen) atoms. The van der Waals surface area contributed by atoms with Crippen molar-refractivity contribution in [2.75, 3.05) is 5.73 Å². The zero-order valence-corrected chi connectivity index (χ0v) is 8.61. The Bertz CT molecular complexity index is 752. The molecule has 0 bridgehead atoms. The molecule has 0 fully saturated rings. The Balaban J connectivity index is 2.53. The molecule has 0 amide bonds. The molecule has 0 aliphatic heterocycles. The summed E-state index contributed by atoms with van der Waals surface area (Å²) in [7, 11) is 0. The molecule has 80 valence electrons. The lowest BCUT2D eigenvalue weighted by atomic mass is 10.1. The van der Waals surface area contributed by atoms with Crippen molar-refractivity contribution in [3.63, 3.8) is 0 Å². The smallest absolute Gasteiger partial charge is 0.359 e. The Morgan fingerprint density at radius 1 is 1.19 bits per heavy atom. The van der Waals surface area contributed by atoms with E-state index in [1.165, 1.54) is 0 Å². The van der Waals surface area contributed by atoms with E-state index < -0.39 is 5.63 Å². The predicted octanol–water partition coefficient (Wildman–Crippen LogP) is 2.43. The van der Waals surface area contributed by atoms with Crippen molar-refractivity contribution in [2.45, 2.75) is 6.92 Å². The Morgan fingerprint density at radius 2 is 2.00 bits per heavy atom.